The number of nitrogens with one attached hydrogen (secondary N) is 1. The zero-order valence-corrected chi connectivity index (χ0v) is 17.3. The molecule has 0 saturated carbocycles. The monoisotopic (exact) mass is 432 g/mol. The van der Waals surface area contributed by atoms with E-state index in [0.717, 1.165) is 40.3 Å². The Labute approximate surface area is 181 Å². The molecule has 0 aromatic carbocycles. The zero-order chi connectivity index (χ0) is 20.9. The van der Waals surface area contributed by atoms with Gasteiger partial charge >= 0.3 is 6.01 Å². The summed E-state index contributed by atoms with van der Waals surface area (Å²) in [6.45, 7) is 2.59. The molecule has 0 bridgehead atoms. The minimum Gasteiger partial charge on any atom is -0.403 e. The number of imidazole rings is 1. The molecule has 10 heteroatoms. The maximum atomic E-state index is 6.38. The second-order valence-corrected chi connectivity index (χ2v) is 7.80. The summed E-state index contributed by atoms with van der Waals surface area (Å²) in [5.41, 5.74) is 5.25. The minimum atomic E-state index is -0.283. The fourth-order valence-electron chi connectivity index (χ4n) is 4.07. The van der Waals surface area contributed by atoms with Crippen molar-refractivity contribution in [2.75, 3.05) is 11.4 Å². The lowest BCUT2D eigenvalue weighted by Crippen LogP contribution is -2.36. The van der Waals surface area contributed by atoms with Gasteiger partial charge in [0.2, 0.25) is 0 Å². The van der Waals surface area contributed by atoms with Crippen molar-refractivity contribution in [1.29, 1.82) is 0 Å². The van der Waals surface area contributed by atoms with E-state index in [1.165, 1.54) is 0 Å². The molecule has 6 rings (SSSR count). The lowest BCUT2D eigenvalue weighted by atomic mass is 10.0. The van der Waals surface area contributed by atoms with E-state index in [9.17, 15) is 0 Å². The molecule has 1 aliphatic rings. The number of H-pyrrole nitrogens is 1. The summed E-state index contributed by atoms with van der Waals surface area (Å²) in [6, 6.07) is 9.60. The highest BCUT2D eigenvalue weighted by atomic mass is 35.5. The number of pyridine rings is 2. The first kappa shape index (κ1) is 18.1. The largest absolute Gasteiger partial charge is 0.403 e. The van der Waals surface area contributed by atoms with E-state index >= 15 is 0 Å². The number of aromatic nitrogens is 7. The summed E-state index contributed by atoms with van der Waals surface area (Å²) in [5.74, 6) is 0.435. The number of rotatable bonds is 3. The highest BCUT2D eigenvalue weighted by Gasteiger charge is 2.36. The Bertz CT molecular complexity index is 1400. The highest BCUT2D eigenvalue weighted by Crippen LogP contribution is 2.37. The van der Waals surface area contributed by atoms with Crippen LogP contribution in [0.2, 0.25) is 5.02 Å². The van der Waals surface area contributed by atoms with Gasteiger partial charge in [0.1, 0.15) is 6.04 Å². The summed E-state index contributed by atoms with van der Waals surface area (Å²) in [4.78, 5) is 14.2. The normalized spacial score (nSPS) is 16.1. The van der Waals surface area contributed by atoms with Crippen LogP contribution in [0, 0.1) is 6.92 Å². The number of fused-ring (bicyclic) bond motifs is 2. The Morgan fingerprint density at radius 2 is 2.13 bits per heavy atom. The van der Waals surface area contributed by atoms with Crippen molar-refractivity contribution in [3.05, 3.63) is 76.9 Å². The lowest BCUT2D eigenvalue weighted by molar-refractivity contribution is 0.503. The molecule has 1 aliphatic heterocycles. The Kier molecular flexibility index (Phi) is 4.03. The van der Waals surface area contributed by atoms with Crippen molar-refractivity contribution in [2.24, 2.45) is 0 Å². The predicted molar refractivity (Wildman–Crippen MR) is 114 cm³/mol. The number of hydrogen-bond acceptors (Lipinski definition) is 7. The van der Waals surface area contributed by atoms with Crippen LogP contribution >= 0.6 is 11.6 Å². The molecule has 0 aliphatic carbocycles. The number of nitrogens with zero attached hydrogens (tertiary/aromatic N) is 7. The van der Waals surface area contributed by atoms with Crippen LogP contribution < -0.4 is 4.90 Å². The van der Waals surface area contributed by atoms with E-state index in [1.807, 2.05) is 48.4 Å². The van der Waals surface area contributed by atoms with Crippen LogP contribution in [0.1, 0.15) is 28.8 Å². The van der Waals surface area contributed by atoms with Crippen molar-refractivity contribution in [3.63, 3.8) is 0 Å². The topological polar surface area (TPSA) is 101 Å². The second kappa shape index (κ2) is 6.92. The molecule has 0 saturated heterocycles. The van der Waals surface area contributed by atoms with Gasteiger partial charge in [-0.25, -0.2) is 9.50 Å². The zero-order valence-electron chi connectivity index (χ0n) is 16.5. The molecule has 9 nitrogen and oxygen atoms in total. The summed E-state index contributed by atoms with van der Waals surface area (Å²) in [6.07, 6.45) is 6.11. The number of hydrogen-bond donors (Lipinski definition) is 1. The molecule has 5 aromatic rings. The number of anilines is 1. The third-order valence-corrected chi connectivity index (χ3v) is 5.89. The van der Waals surface area contributed by atoms with Crippen molar-refractivity contribution < 1.29 is 4.42 Å². The second-order valence-electron chi connectivity index (χ2n) is 7.39. The van der Waals surface area contributed by atoms with Gasteiger partial charge in [-0.2, -0.15) is 5.10 Å². The van der Waals surface area contributed by atoms with E-state index in [2.05, 4.69) is 25.1 Å². The Balaban J connectivity index is 1.46. The molecule has 0 fully saturated rings. The molecule has 1 N–H and O–H groups in total. The van der Waals surface area contributed by atoms with Gasteiger partial charge in [-0.3, -0.25) is 4.98 Å². The first-order valence-corrected chi connectivity index (χ1v) is 10.2. The molecule has 0 spiro atoms. The van der Waals surface area contributed by atoms with Crippen LogP contribution in [0.4, 0.5) is 6.01 Å². The average molecular weight is 433 g/mol. The van der Waals surface area contributed by atoms with E-state index in [1.54, 1.807) is 17.0 Å². The maximum Gasteiger partial charge on any atom is 0.319 e. The summed E-state index contributed by atoms with van der Waals surface area (Å²) in [7, 11) is 0. The smallest absolute Gasteiger partial charge is 0.319 e. The Morgan fingerprint density at radius 3 is 3.00 bits per heavy atom. The van der Waals surface area contributed by atoms with Gasteiger partial charge in [0.05, 0.1) is 33.8 Å². The fourth-order valence-corrected chi connectivity index (χ4v) is 4.28. The average Bonchev–Trinajstić information content (AvgIpc) is 3.52. The van der Waals surface area contributed by atoms with Crippen LogP contribution in [0.15, 0.2) is 53.5 Å². The third kappa shape index (κ3) is 2.89. The minimum absolute atomic E-state index is 0.283. The quantitative estimate of drug-likeness (QED) is 0.464. The lowest BCUT2D eigenvalue weighted by Gasteiger charge is -2.32. The predicted octanol–water partition coefficient (Wildman–Crippen LogP) is 3.62. The Hall–Kier alpha value is -3.72. The van der Waals surface area contributed by atoms with Crippen LogP contribution in [0.3, 0.4) is 0 Å². The number of aromatic amines is 1. The van der Waals surface area contributed by atoms with Crippen molar-refractivity contribution in [2.45, 2.75) is 19.4 Å². The molecular weight excluding hydrogens is 416 g/mol. The van der Waals surface area contributed by atoms with Crippen LogP contribution in [-0.4, -0.2) is 41.3 Å². The van der Waals surface area contributed by atoms with Gasteiger partial charge in [-0.15, -0.1) is 5.10 Å². The third-order valence-electron chi connectivity index (χ3n) is 5.57. The fraction of sp³-hybridized carbons (Fsp3) is 0.190. The van der Waals surface area contributed by atoms with Gasteiger partial charge in [-0.05, 0) is 37.3 Å². The summed E-state index contributed by atoms with van der Waals surface area (Å²) in [5, 5.41) is 14.0. The first-order chi connectivity index (χ1) is 15.2. The molecule has 154 valence electrons. The molecule has 5 aromatic heterocycles. The van der Waals surface area contributed by atoms with Gasteiger partial charge in [0.15, 0.2) is 0 Å². The highest BCUT2D eigenvalue weighted by molar-refractivity contribution is 6.33. The first-order valence-electron chi connectivity index (χ1n) is 9.87. The van der Waals surface area contributed by atoms with Gasteiger partial charge in [-0.1, -0.05) is 16.7 Å². The molecule has 31 heavy (non-hydrogen) atoms. The Morgan fingerprint density at radius 1 is 1.19 bits per heavy atom. The number of halogens is 1. The van der Waals surface area contributed by atoms with Crippen molar-refractivity contribution in [3.8, 4) is 11.5 Å². The van der Waals surface area contributed by atoms with Crippen molar-refractivity contribution in [1.82, 2.24) is 34.8 Å². The molecule has 1 atom stereocenters. The van der Waals surface area contributed by atoms with E-state index in [-0.39, 0.29) is 6.04 Å². The molecule has 0 radical (unpaired) electrons. The van der Waals surface area contributed by atoms with E-state index < -0.39 is 0 Å². The molecular formula is C21H17ClN8O. The molecule has 0 unspecified atom stereocenters. The van der Waals surface area contributed by atoms with Gasteiger partial charge in [0, 0.05) is 36.7 Å². The standard InChI is InChI=1S/C21H17ClN8O/c1-12-13(4-2-7-23-12)20-26-27-21(31-20)29-9-6-15-18(25-11-24-15)19(29)16-10-17-14(22)5-3-8-30(17)28-16/h2-5,7-8,10-11,19H,6,9H2,1H3,(H,24,25)/t19-/m0/s1. The molecule has 0 amide bonds. The van der Waals surface area contributed by atoms with E-state index in [4.69, 9.17) is 21.1 Å². The summed E-state index contributed by atoms with van der Waals surface area (Å²) >= 11 is 6.38. The van der Waals surface area contributed by atoms with Gasteiger partial charge < -0.3 is 14.3 Å². The van der Waals surface area contributed by atoms with Crippen LogP contribution in [-0.2, 0) is 6.42 Å². The molecule has 6 heterocycles. The summed E-state index contributed by atoms with van der Waals surface area (Å²) < 4.78 is 7.87. The van der Waals surface area contributed by atoms with Crippen molar-refractivity contribution >= 4 is 23.1 Å². The van der Waals surface area contributed by atoms with Crippen LogP contribution in [0.5, 0.6) is 0 Å². The number of aryl methyl sites for hydroxylation is 1. The van der Waals surface area contributed by atoms with Gasteiger partial charge in [0.25, 0.3) is 5.89 Å². The SMILES string of the molecule is Cc1ncccc1-c1nnc(N2CCc3[nH]cnc3[C@@H]2c2cc3c(Cl)cccn3n2)o1. The van der Waals surface area contributed by atoms with E-state index in [0.29, 0.717) is 23.5 Å². The van der Waals surface area contributed by atoms with Crippen LogP contribution in [0.25, 0.3) is 17.0 Å². The maximum absolute atomic E-state index is 6.38.